The van der Waals surface area contributed by atoms with Gasteiger partial charge in [0.05, 0.1) is 0 Å². The van der Waals surface area contributed by atoms with Gasteiger partial charge >= 0.3 is 0 Å². The van der Waals surface area contributed by atoms with E-state index in [4.69, 9.17) is 0 Å². The molecule has 0 aromatic heterocycles. The van der Waals surface area contributed by atoms with Gasteiger partial charge in [0.1, 0.15) is 0 Å². The molecule has 0 bridgehead atoms. The van der Waals surface area contributed by atoms with Gasteiger partial charge in [-0.3, -0.25) is 0 Å². The maximum Gasteiger partial charge on any atom is -0.0103 e. The van der Waals surface area contributed by atoms with Crippen LogP contribution in [0.5, 0.6) is 0 Å². The van der Waals surface area contributed by atoms with E-state index in [9.17, 15) is 0 Å². The van der Waals surface area contributed by atoms with E-state index in [1.165, 1.54) is 65.5 Å². The molecule has 3 aromatic carbocycles. The SMILES string of the molecule is CCc1ccc(-c2ccc(C3CCC(CC)CC3)cc2-c2ccccc2)cc1. The molecule has 1 saturated carbocycles. The molecule has 0 nitrogen and oxygen atoms in total. The van der Waals surface area contributed by atoms with Crippen LogP contribution in [0.25, 0.3) is 22.3 Å². The Morgan fingerprint density at radius 2 is 1.36 bits per heavy atom. The van der Waals surface area contributed by atoms with E-state index < -0.39 is 0 Å². The van der Waals surface area contributed by atoms with Gasteiger partial charge in [0, 0.05) is 0 Å². The molecule has 0 heterocycles. The lowest BCUT2D eigenvalue weighted by molar-refractivity contribution is 0.319. The normalized spacial score (nSPS) is 19.5. The Kier molecular flexibility index (Phi) is 5.95. The smallest absolute Gasteiger partial charge is 0.0103 e. The quantitative estimate of drug-likeness (QED) is 0.425. The molecular formula is C28H32. The van der Waals surface area contributed by atoms with Gasteiger partial charge in [0.25, 0.3) is 0 Å². The number of benzene rings is 3. The lowest BCUT2D eigenvalue weighted by atomic mass is 9.77. The van der Waals surface area contributed by atoms with Crippen LogP contribution in [-0.2, 0) is 6.42 Å². The fourth-order valence-electron chi connectivity index (χ4n) is 4.75. The Balaban J connectivity index is 1.72. The molecule has 0 aliphatic heterocycles. The average molecular weight is 369 g/mol. The van der Waals surface area contributed by atoms with Gasteiger partial charge in [-0.05, 0) is 77.3 Å². The van der Waals surface area contributed by atoms with E-state index in [1.807, 2.05) is 0 Å². The molecule has 4 rings (SSSR count). The molecule has 0 saturated heterocycles. The lowest BCUT2D eigenvalue weighted by Gasteiger charge is -2.28. The first kappa shape index (κ1) is 19.0. The fraction of sp³-hybridized carbons (Fsp3) is 0.357. The Labute approximate surface area is 170 Å². The minimum atomic E-state index is 0.724. The Morgan fingerprint density at radius 1 is 0.679 bits per heavy atom. The van der Waals surface area contributed by atoms with Crippen molar-refractivity contribution in [2.24, 2.45) is 5.92 Å². The third-order valence-corrected chi connectivity index (χ3v) is 6.70. The van der Waals surface area contributed by atoms with Crippen LogP contribution >= 0.6 is 0 Å². The van der Waals surface area contributed by atoms with E-state index >= 15 is 0 Å². The summed E-state index contributed by atoms with van der Waals surface area (Å²) in [5, 5.41) is 0. The number of rotatable bonds is 5. The summed E-state index contributed by atoms with van der Waals surface area (Å²) < 4.78 is 0. The summed E-state index contributed by atoms with van der Waals surface area (Å²) in [5.74, 6) is 1.67. The first-order valence-electron chi connectivity index (χ1n) is 11.1. The van der Waals surface area contributed by atoms with Crippen molar-refractivity contribution in [3.63, 3.8) is 0 Å². The standard InChI is InChI=1S/C28H32/c1-3-21-10-14-23(15-11-21)26-18-19-27(25-16-12-22(4-2)13-17-25)28(20-26)24-8-6-5-7-9-24/h5-9,12-13,16-21,23H,3-4,10-11,14-15H2,1-2H3. The summed E-state index contributed by atoms with van der Waals surface area (Å²) in [6, 6.07) is 27.2. The molecular weight excluding hydrogens is 336 g/mol. The first-order chi connectivity index (χ1) is 13.8. The molecule has 0 unspecified atom stereocenters. The second-order valence-electron chi connectivity index (χ2n) is 8.35. The van der Waals surface area contributed by atoms with Crippen LogP contribution in [0, 0.1) is 5.92 Å². The van der Waals surface area contributed by atoms with Gasteiger partial charge < -0.3 is 0 Å². The van der Waals surface area contributed by atoms with Crippen molar-refractivity contribution in [2.75, 3.05) is 0 Å². The highest BCUT2D eigenvalue weighted by molar-refractivity contribution is 5.84. The maximum absolute atomic E-state index is 2.48. The molecule has 0 spiro atoms. The number of aryl methyl sites for hydroxylation is 1. The molecule has 1 aliphatic carbocycles. The van der Waals surface area contributed by atoms with Crippen LogP contribution in [0.1, 0.15) is 63.0 Å². The summed E-state index contributed by atoms with van der Waals surface area (Å²) in [5.41, 5.74) is 8.29. The monoisotopic (exact) mass is 368 g/mol. The highest BCUT2D eigenvalue weighted by Gasteiger charge is 2.22. The molecule has 0 radical (unpaired) electrons. The van der Waals surface area contributed by atoms with Crippen molar-refractivity contribution in [1.82, 2.24) is 0 Å². The zero-order valence-electron chi connectivity index (χ0n) is 17.3. The highest BCUT2D eigenvalue weighted by atomic mass is 14.3. The minimum absolute atomic E-state index is 0.724. The first-order valence-corrected chi connectivity index (χ1v) is 11.1. The molecule has 0 N–H and O–H groups in total. The maximum atomic E-state index is 2.48. The molecule has 1 aliphatic rings. The predicted molar refractivity (Wildman–Crippen MR) is 122 cm³/mol. The largest absolute Gasteiger partial charge is 0.0651 e. The highest BCUT2D eigenvalue weighted by Crippen LogP contribution is 2.40. The minimum Gasteiger partial charge on any atom is -0.0651 e. The van der Waals surface area contributed by atoms with E-state index in [2.05, 4.69) is 86.6 Å². The molecule has 0 amide bonds. The fourth-order valence-corrected chi connectivity index (χ4v) is 4.75. The van der Waals surface area contributed by atoms with Crippen molar-refractivity contribution in [1.29, 1.82) is 0 Å². The Hall–Kier alpha value is -2.34. The van der Waals surface area contributed by atoms with Crippen molar-refractivity contribution < 1.29 is 0 Å². The molecule has 3 aromatic rings. The van der Waals surface area contributed by atoms with E-state index in [0.717, 1.165) is 18.3 Å². The van der Waals surface area contributed by atoms with Gasteiger partial charge in [-0.25, -0.2) is 0 Å². The predicted octanol–water partition coefficient (Wildman–Crippen LogP) is 8.27. The summed E-state index contributed by atoms with van der Waals surface area (Å²) in [6.07, 6.45) is 7.90. The van der Waals surface area contributed by atoms with Crippen molar-refractivity contribution in [2.45, 2.75) is 58.3 Å². The van der Waals surface area contributed by atoms with E-state index in [0.29, 0.717) is 0 Å². The summed E-state index contributed by atoms with van der Waals surface area (Å²) in [4.78, 5) is 0. The van der Waals surface area contributed by atoms with Crippen LogP contribution in [0.3, 0.4) is 0 Å². The summed E-state index contributed by atoms with van der Waals surface area (Å²) >= 11 is 0. The third-order valence-electron chi connectivity index (χ3n) is 6.70. The number of hydrogen-bond donors (Lipinski definition) is 0. The molecule has 28 heavy (non-hydrogen) atoms. The van der Waals surface area contributed by atoms with E-state index in [-0.39, 0.29) is 0 Å². The Bertz CT molecular complexity index is 881. The number of hydrogen-bond acceptors (Lipinski definition) is 0. The van der Waals surface area contributed by atoms with Crippen molar-refractivity contribution in [3.05, 3.63) is 83.9 Å². The second kappa shape index (κ2) is 8.78. The van der Waals surface area contributed by atoms with Crippen LogP contribution in [0.4, 0.5) is 0 Å². The molecule has 0 heteroatoms. The van der Waals surface area contributed by atoms with Gasteiger partial charge in [-0.1, -0.05) is 93.1 Å². The van der Waals surface area contributed by atoms with Crippen LogP contribution < -0.4 is 0 Å². The second-order valence-corrected chi connectivity index (χ2v) is 8.35. The zero-order chi connectivity index (χ0) is 19.3. The van der Waals surface area contributed by atoms with Crippen molar-refractivity contribution >= 4 is 0 Å². The summed E-state index contributed by atoms with van der Waals surface area (Å²) in [7, 11) is 0. The summed E-state index contributed by atoms with van der Waals surface area (Å²) in [6.45, 7) is 4.56. The Morgan fingerprint density at radius 3 is 2.00 bits per heavy atom. The zero-order valence-corrected chi connectivity index (χ0v) is 17.3. The van der Waals surface area contributed by atoms with Gasteiger partial charge in [-0.15, -0.1) is 0 Å². The van der Waals surface area contributed by atoms with E-state index in [1.54, 1.807) is 0 Å². The molecule has 144 valence electrons. The topological polar surface area (TPSA) is 0 Å². The van der Waals surface area contributed by atoms with Crippen LogP contribution in [0.2, 0.25) is 0 Å². The van der Waals surface area contributed by atoms with Gasteiger partial charge in [-0.2, -0.15) is 0 Å². The van der Waals surface area contributed by atoms with Crippen LogP contribution in [0.15, 0.2) is 72.8 Å². The van der Waals surface area contributed by atoms with Crippen LogP contribution in [-0.4, -0.2) is 0 Å². The lowest BCUT2D eigenvalue weighted by Crippen LogP contribution is -2.12. The van der Waals surface area contributed by atoms with Crippen molar-refractivity contribution in [3.8, 4) is 22.3 Å². The van der Waals surface area contributed by atoms with Gasteiger partial charge in [0.15, 0.2) is 0 Å². The molecule has 1 fully saturated rings. The third kappa shape index (κ3) is 4.07. The van der Waals surface area contributed by atoms with Gasteiger partial charge in [0.2, 0.25) is 0 Å². The molecule has 0 atom stereocenters. The average Bonchev–Trinajstić information content (AvgIpc) is 2.79.